The Morgan fingerprint density at radius 1 is 1.27 bits per heavy atom. The maximum Gasteiger partial charge on any atom is 0.341 e. The molecule has 0 atom stereocenters. The third kappa shape index (κ3) is 3.88. The number of ether oxygens (including phenoxy) is 1. The Bertz CT molecular complexity index is 538. The Balaban J connectivity index is 1.97. The van der Waals surface area contributed by atoms with Crippen LogP contribution in [0.2, 0.25) is 0 Å². The molecule has 6 heteroatoms. The Kier molecular flexibility index (Phi) is 5.60. The van der Waals surface area contributed by atoms with Gasteiger partial charge in [-0.1, -0.05) is 6.92 Å². The highest BCUT2D eigenvalue weighted by molar-refractivity contribution is 5.90. The minimum Gasteiger partial charge on any atom is -0.465 e. The highest BCUT2D eigenvalue weighted by atomic mass is 16.5. The SMILES string of the molecule is CCC(=O)N1CCCN(Cc2cc(C(=O)OC)c(C)o2)CC1. The number of aryl methyl sites for hydroxylation is 1. The standard InChI is InChI=1S/C16H24N2O4/c1-4-15(19)18-7-5-6-17(8-9-18)11-13-10-14(12(2)22-13)16(20)21-3/h10H,4-9,11H2,1-3H3. The number of carbonyl (C=O) groups excluding carboxylic acids is 2. The summed E-state index contributed by atoms with van der Waals surface area (Å²) in [6, 6.07) is 1.75. The van der Waals surface area contributed by atoms with Gasteiger partial charge in [-0.15, -0.1) is 0 Å². The van der Waals surface area contributed by atoms with Crippen molar-refractivity contribution in [3.63, 3.8) is 0 Å². The van der Waals surface area contributed by atoms with E-state index >= 15 is 0 Å². The van der Waals surface area contributed by atoms with Crippen molar-refractivity contribution in [3.8, 4) is 0 Å². The molecule has 122 valence electrons. The normalized spacial score (nSPS) is 16.4. The first-order chi connectivity index (χ1) is 10.5. The summed E-state index contributed by atoms with van der Waals surface area (Å²) in [6.45, 7) is 7.60. The van der Waals surface area contributed by atoms with Gasteiger partial charge in [0, 0.05) is 32.6 Å². The topological polar surface area (TPSA) is 63.0 Å². The molecule has 1 aliphatic rings. The zero-order valence-corrected chi connectivity index (χ0v) is 13.6. The van der Waals surface area contributed by atoms with Gasteiger partial charge in [0.05, 0.1) is 13.7 Å². The van der Waals surface area contributed by atoms with Crippen LogP contribution in [-0.2, 0) is 16.1 Å². The maximum atomic E-state index is 11.8. The molecule has 1 saturated heterocycles. The molecule has 22 heavy (non-hydrogen) atoms. The summed E-state index contributed by atoms with van der Waals surface area (Å²) in [5.41, 5.74) is 0.482. The quantitative estimate of drug-likeness (QED) is 0.794. The number of esters is 1. The first-order valence-electron chi connectivity index (χ1n) is 7.73. The summed E-state index contributed by atoms with van der Waals surface area (Å²) in [4.78, 5) is 27.6. The number of nitrogens with zero attached hydrogens (tertiary/aromatic N) is 2. The van der Waals surface area contributed by atoms with Crippen LogP contribution in [0.4, 0.5) is 0 Å². The average molecular weight is 308 g/mol. The molecule has 0 aromatic carbocycles. The summed E-state index contributed by atoms with van der Waals surface area (Å²) < 4.78 is 10.4. The lowest BCUT2D eigenvalue weighted by Crippen LogP contribution is -2.34. The van der Waals surface area contributed by atoms with Gasteiger partial charge in [0.15, 0.2) is 0 Å². The van der Waals surface area contributed by atoms with E-state index in [2.05, 4.69) is 4.90 Å². The lowest BCUT2D eigenvalue weighted by atomic mass is 10.2. The van der Waals surface area contributed by atoms with Gasteiger partial charge in [0.2, 0.25) is 5.91 Å². The summed E-state index contributed by atoms with van der Waals surface area (Å²) in [5, 5.41) is 0. The minimum atomic E-state index is -0.372. The number of rotatable bonds is 4. The Morgan fingerprint density at radius 3 is 2.73 bits per heavy atom. The predicted molar refractivity (Wildman–Crippen MR) is 81.5 cm³/mol. The van der Waals surface area contributed by atoms with Crippen molar-refractivity contribution in [2.75, 3.05) is 33.3 Å². The van der Waals surface area contributed by atoms with Crippen LogP contribution in [0.3, 0.4) is 0 Å². The first kappa shape index (κ1) is 16.5. The predicted octanol–water partition coefficient (Wildman–Crippen LogP) is 1.82. The maximum absolute atomic E-state index is 11.8. The zero-order chi connectivity index (χ0) is 16.1. The van der Waals surface area contributed by atoms with E-state index in [-0.39, 0.29) is 11.9 Å². The van der Waals surface area contributed by atoms with E-state index in [0.717, 1.165) is 38.4 Å². The van der Waals surface area contributed by atoms with Gasteiger partial charge in [-0.25, -0.2) is 4.79 Å². The van der Waals surface area contributed by atoms with Gasteiger partial charge in [0.1, 0.15) is 17.1 Å². The summed E-state index contributed by atoms with van der Waals surface area (Å²) in [7, 11) is 1.36. The molecular formula is C16H24N2O4. The Morgan fingerprint density at radius 2 is 2.05 bits per heavy atom. The fourth-order valence-corrected chi connectivity index (χ4v) is 2.76. The van der Waals surface area contributed by atoms with Gasteiger partial charge in [-0.05, 0) is 19.4 Å². The molecule has 1 aliphatic heterocycles. The summed E-state index contributed by atoms with van der Waals surface area (Å²) >= 11 is 0. The van der Waals surface area contributed by atoms with Crippen molar-refractivity contribution >= 4 is 11.9 Å². The molecule has 1 aromatic heterocycles. The zero-order valence-electron chi connectivity index (χ0n) is 13.6. The van der Waals surface area contributed by atoms with E-state index in [1.807, 2.05) is 11.8 Å². The van der Waals surface area contributed by atoms with Crippen molar-refractivity contribution in [1.82, 2.24) is 9.80 Å². The molecule has 2 rings (SSSR count). The van der Waals surface area contributed by atoms with Crippen molar-refractivity contribution in [2.45, 2.75) is 33.2 Å². The lowest BCUT2D eigenvalue weighted by molar-refractivity contribution is -0.130. The van der Waals surface area contributed by atoms with Gasteiger partial charge >= 0.3 is 5.97 Å². The van der Waals surface area contributed by atoms with Crippen molar-refractivity contribution in [1.29, 1.82) is 0 Å². The molecule has 0 radical (unpaired) electrons. The lowest BCUT2D eigenvalue weighted by Gasteiger charge is -2.20. The largest absolute Gasteiger partial charge is 0.465 e. The number of carbonyl (C=O) groups is 2. The monoisotopic (exact) mass is 308 g/mol. The molecule has 0 bridgehead atoms. The number of hydrogen-bond acceptors (Lipinski definition) is 5. The number of furan rings is 1. The molecule has 0 aliphatic carbocycles. The Labute approximate surface area is 131 Å². The third-order valence-corrected chi connectivity index (χ3v) is 4.00. The van der Waals surface area contributed by atoms with Crippen LogP contribution >= 0.6 is 0 Å². The van der Waals surface area contributed by atoms with Crippen LogP contribution in [0.15, 0.2) is 10.5 Å². The van der Waals surface area contributed by atoms with Crippen molar-refractivity contribution in [2.24, 2.45) is 0 Å². The third-order valence-electron chi connectivity index (χ3n) is 4.00. The molecule has 1 fully saturated rings. The number of methoxy groups -OCH3 is 1. The minimum absolute atomic E-state index is 0.212. The Hall–Kier alpha value is -1.82. The van der Waals surface area contributed by atoms with E-state index in [1.165, 1.54) is 7.11 Å². The van der Waals surface area contributed by atoms with Gasteiger partial charge in [-0.3, -0.25) is 9.69 Å². The van der Waals surface area contributed by atoms with Crippen LogP contribution < -0.4 is 0 Å². The molecule has 0 saturated carbocycles. The second kappa shape index (κ2) is 7.45. The number of hydrogen-bond donors (Lipinski definition) is 0. The van der Waals surface area contributed by atoms with Gasteiger partial charge < -0.3 is 14.1 Å². The first-order valence-corrected chi connectivity index (χ1v) is 7.73. The fourth-order valence-electron chi connectivity index (χ4n) is 2.76. The van der Waals surface area contributed by atoms with E-state index < -0.39 is 0 Å². The second-order valence-corrected chi connectivity index (χ2v) is 5.54. The van der Waals surface area contributed by atoms with Gasteiger partial charge in [-0.2, -0.15) is 0 Å². The molecule has 0 N–H and O–H groups in total. The smallest absolute Gasteiger partial charge is 0.341 e. The van der Waals surface area contributed by atoms with Crippen molar-refractivity contribution in [3.05, 3.63) is 23.2 Å². The van der Waals surface area contributed by atoms with Crippen LogP contribution in [0, 0.1) is 6.92 Å². The molecule has 0 unspecified atom stereocenters. The van der Waals surface area contributed by atoms with Gasteiger partial charge in [0.25, 0.3) is 0 Å². The van der Waals surface area contributed by atoms with E-state index in [0.29, 0.717) is 24.3 Å². The second-order valence-electron chi connectivity index (χ2n) is 5.54. The van der Waals surface area contributed by atoms with Crippen LogP contribution in [-0.4, -0.2) is 55.0 Å². The highest BCUT2D eigenvalue weighted by Gasteiger charge is 2.20. The highest BCUT2D eigenvalue weighted by Crippen LogP contribution is 2.18. The van der Waals surface area contributed by atoms with Crippen LogP contribution in [0.1, 0.15) is 41.6 Å². The summed E-state index contributed by atoms with van der Waals surface area (Å²) in [6.07, 6.45) is 1.51. The summed E-state index contributed by atoms with van der Waals surface area (Å²) in [5.74, 6) is 1.18. The van der Waals surface area contributed by atoms with Crippen molar-refractivity contribution < 1.29 is 18.7 Å². The molecule has 1 aromatic rings. The molecule has 2 heterocycles. The fraction of sp³-hybridized carbons (Fsp3) is 0.625. The van der Waals surface area contributed by atoms with Crippen LogP contribution in [0.5, 0.6) is 0 Å². The molecule has 6 nitrogen and oxygen atoms in total. The average Bonchev–Trinajstić information content (AvgIpc) is 2.73. The molecular weight excluding hydrogens is 284 g/mol. The van der Waals surface area contributed by atoms with Crippen LogP contribution in [0.25, 0.3) is 0 Å². The van der Waals surface area contributed by atoms with E-state index in [1.54, 1.807) is 13.0 Å². The van der Waals surface area contributed by atoms with E-state index in [4.69, 9.17) is 9.15 Å². The van der Waals surface area contributed by atoms with E-state index in [9.17, 15) is 9.59 Å². The molecule has 1 amide bonds. The molecule has 0 spiro atoms. The number of amides is 1.